The summed E-state index contributed by atoms with van der Waals surface area (Å²) in [5.41, 5.74) is -0.722. The lowest BCUT2D eigenvalue weighted by Gasteiger charge is -2.31. The number of carbonyl (C=O) groups is 5. The fraction of sp³-hybridized carbons (Fsp3) is 0.783. The molecule has 0 aromatic rings. The van der Waals surface area contributed by atoms with Crippen LogP contribution in [0.15, 0.2) is 0 Å². The minimum Gasteiger partial charge on any atom is -0.480 e. The first-order chi connectivity index (χ1) is 15.6. The molecule has 34 heavy (non-hydrogen) atoms. The zero-order valence-electron chi connectivity index (χ0n) is 21.3. The van der Waals surface area contributed by atoms with Crippen molar-refractivity contribution >= 4 is 29.8 Å². The molecule has 0 saturated carbocycles. The maximum atomic E-state index is 13.2. The second-order valence-corrected chi connectivity index (χ2v) is 10.4. The summed E-state index contributed by atoms with van der Waals surface area (Å²) in [5, 5.41) is 16.8. The van der Waals surface area contributed by atoms with E-state index in [1.165, 1.54) is 4.90 Å². The molecule has 0 radical (unpaired) electrons. The second-order valence-electron chi connectivity index (χ2n) is 10.4. The Kier molecular flexibility index (Phi) is 10.8. The number of rotatable bonds is 10. The van der Waals surface area contributed by atoms with Gasteiger partial charge >= 0.3 is 12.1 Å². The first-order valence-corrected chi connectivity index (χ1v) is 11.7. The summed E-state index contributed by atoms with van der Waals surface area (Å²) in [6.45, 7) is 12.4. The first kappa shape index (κ1) is 29.2. The van der Waals surface area contributed by atoms with Crippen LogP contribution in [0, 0.1) is 11.8 Å². The number of nitrogens with one attached hydrogen (secondary N) is 3. The quantitative estimate of drug-likeness (QED) is 0.364. The van der Waals surface area contributed by atoms with E-state index in [2.05, 4.69) is 16.0 Å². The third-order valence-corrected chi connectivity index (χ3v) is 5.21. The highest BCUT2D eigenvalue weighted by molar-refractivity contribution is 5.94. The number of nitrogens with zero attached hydrogens (tertiary/aromatic N) is 1. The zero-order valence-corrected chi connectivity index (χ0v) is 21.3. The van der Waals surface area contributed by atoms with Crippen molar-refractivity contribution in [2.75, 3.05) is 13.1 Å². The number of carbonyl (C=O) groups excluding carboxylic acids is 4. The van der Waals surface area contributed by atoms with Crippen LogP contribution >= 0.6 is 0 Å². The van der Waals surface area contributed by atoms with Crippen molar-refractivity contribution in [1.82, 2.24) is 20.9 Å². The Labute approximate surface area is 201 Å². The number of ether oxygens (including phenoxy) is 1. The molecular weight excluding hydrogens is 444 g/mol. The van der Waals surface area contributed by atoms with Crippen molar-refractivity contribution in [3.05, 3.63) is 0 Å². The molecule has 4 N–H and O–H groups in total. The Morgan fingerprint density at radius 3 is 2.18 bits per heavy atom. The highest BCUT2D eigenvalue weighted by atomic mass is 16.6. The summed E-state index contributed by atoms with van der Waals surface area (Å²) in [6, 6.07) is -2.70. The molecular formula is C23H40N4O7. The van der Waals surface area contributed by atoms with E-state index >= 15 is 0 Å². The zero-order chi connectivity index (χ0) is 26.2. The third-order valence-electron chi connectivity index (χ3n) is 5.21. The number of carboxylic acid groups (broad SMARTS) is 1. The van der Waals surface area contributed by atoms with E-state index in [1.807, 2.05) is 13.8 Å². The average molecular weight is 485 g/mol. The van der Waals surface area contributed by atoms with Crippen LogP contribution in [0.5, 0.6) is 0 Å². The van der Waals surface area contributed by atoms with Crippen molar-refractivity contribution in [3.63, 3.8) is 0 Å². The Bertz CT molecular complexity index is 761. The number of aliphatic carboxylic acids is 1. The SMILES string of the molecule is CC(C)C[C@@H](NC(=O)CNC(=O)[C@@H]1CCCN1C(=O)[C@H](NC(=O)OC(C)(C)C)C(C)C)C(=O)O. The summed E-state index contributed by atoms with van der Waals surface area (Å²) in [4.78, 5) is 63.1. The molecule has 11 heteroatoms. The van der Waals surface area contributed by atoms with E-state index in [0.29, 0.717) is 19.4 Å². The Balaban J connectivity index is 2.76. The topological polar surface area (TPSA) is 154 Å². The molecule has 0 aromatic heterocycles. The fourth-order valence-electron chi connectivity index (χ4n) is 3.65. The van der Waals surface area contributed by atoms with Crippen LogP contribution in [0.1, 0.15) is 67.7 Å². The van der Waals surface area contributed by atoms with E-state index in [9.17, 15) is 29.1 Å². The van der Waals surface area contributed by atoms with Crippen molar-refractivity contribution in [2.24, 2.45) is 11.8 Å². The normalized spacial score (nSPS) is 17.8. The minimum absolute atomic E-state index is 0.0669. The maximum absolute atomic E-state index is 13.2. The summed E-state index contributed by atoms with van der Waals surface area (Å²) < 4.78 is 5.26. The lowest BCUT2D eigenvalue weighted by Crippen LogP contribution is -2.56. The molecule has 1 aliphatic heterocycles. The van der Waals surface area contributed by atoms with Crippen LogP contribution < -0.4 is 16.0 Å². The molecule has 0 aliphatic carbocycles. The highest BCUT2D eigenvalue weighted by Crippen LogP contribution is 2.21. The van der Waals surface area contributed by atoms with Gasteiger partial charge < -0.3 is 30.7 Å². The Morgan fingerprint density at radius 2 is 1.68 bits per heavy atom. The molecule has 11 nitrogen and oxygen atoms in total. The van der Waals surface area contributed by atoms with E-state index in [-0.39, 0.29) is 18.3 Å². The summed E-state index contributed by atoms with van der Waals surface area (Å²) in [5.74, 6) is -2.84. The van der Waals surface area contributed by atoms with E-state index in [1.54, 1.807) is 34.6 Å². The summed E-state index contributed by atoms with van der Waals surface area (Å²) in [6.07, 6.45) is 0.566. The molecule has 3 atom stereocenters. The van der Waals surface area contributed by atoms with Gasteiger partial charge in [0.2, 0.25) is 17.7 Å². The van der Waals surface area contributed by atoms with Crippen molar-refractivity contribution in [1.29, 1.82) is 0 Å². The molecule has 0 unspecified atom stereocenters. The lowest BCUT2D eigenvalue weighted by atomic mass is 10.0. The van der Waals surface area contributed by atoms with Gasteiger partial charge in [0.1, 0.15) is 23.7 Å². The number of alkyl carbamates (subject to hydrolysis) is 1. The van der Waals surface area contributed by atoms with Gasteiger partial charge in [0.25, 0.3) is 0 Å². The van der Waals surface area contributed by atoms with Crippen LogP contribution in [-0.2, 0) is 23.9 Å². The molecule has 1 heterocycles. The van der Waals surface area contributed by atoms with Crippen molar-refractivity contribution < 1.29 is 33.8 Å². The van der Waals surface area contributed by atoms with Gasteiger partial charge in [-0.1, -0.05) is 27.7 Å². The van der Waals surface area contributed by atoms with Gasteiger partial charge in [-0.05, 0) is 51.9 Å². The van der Waals surface area contributed by atoms with Crippen LogP contribution in [0.25, 0.3) is 0 Å². The Hall–Kier alpha value is -2.85. The van der Waals surface area contributed by atoms with E-state index in [0.717, 1.165) is 0 Å². The van der Waals surface area contributed by atoms with Crippen LogP contribution in [-0.4, -0.2) is 76.6 Å². The van der Waals surface area contributed by atoms with Gasteiger partial charge in [0, 0.05) is 6.54 Å². The number of likely N-dealkylation sites (tertiary alicyclic amines) is 1. The highest BCUT2D eigenvalue weighted by Gasteiger charge is 2.39. The molecule has 1 saturated heterocycles. The lowest BCUT2D eigenvalue weighted by molar-refractivity contribution is -0.143. The predicted octanol–water partition coefficient (Wildman–Crippen LogP) is 1.26. The summed E-state index contributed by atoms with van der Waals surface area (Å²) in [7, 11) is 0. The summed E-state index contributed by atoms with van der Waals surface area (Å²) >= 11 is 0. The van der Waals surface area contributed by atoms with Gasteiger partial charge in [-0.25, -0.2) is 9.59 Å². The second kappa shape index (κ2) is 12.6. The number of amides is 4. The molecule has 4 amide bonds. The molecule has 0 aromatic carbocycles. The molecule has 194 valence electrons. The first-order valence-electron chi connectivity index (χ1n) is 11.7. The fourth-order valence-corrected chi connectivity index (χ4v) is 3.65. The van der Waals surface area contributed by atoms with Crippen LogP contribution in [0.2, 0.25) is 0 Å². The van der Waals surface area contributed by atoms with Crippen molar-refractivity contribution in [2.45, 2.75) is 91.5 Å². The minimum atomic E-state index is -1.14. The van der Waals surface area contributed by atoms with Gasteiger partial charge in [-0.2, -0.15) is 0 Å². The van der Waals surface area contributed by atoms with Crippen LogP contribution in [0.3, 0.4) is 0 Å². The molecule has 0 spiro atoms. The van der Waals surface area contributed by atoms with Crippen LogP contribution in [0.4, 0.5) is 4.79 Å². The molecule has 1 aliphatic rings. The monoisotopic (exact) mass is 484 g/mol. The number of hydrogen-bond donors (Lipinski definition) is 4. The Morgan fingerprint density at radius 1 is 1.06 bits per heavy atom. The van der Waals surface area contributed by atoms with E-state index < -0.39 is 60.1 Å². The number of carboxylic acids is 1. The number of hydrogen-bond acceptors (Lipinski definition) is 6. The average Bonchev–Trinajstić information content (AvgIpc) is 3.17. The van der Waals surface area contributed by atoms with Gasteiger partial charge in [-0.3, -0.25) is 14.4 Å². The maximum Gasteiger partial charge on any atom is 0.408 e. The van der Waals surface area contributed by atoms with Crippen molar-refractivity contribution in [3.8, 4) is 0 Å². The molecule has 1 fully saturated rings. The van der Waals surface area contributed by atoms with Gasteiger partial charge in [0.15, 0.2) is 0 Å². The predicted molar refractivity (Wildman–Crippen MR) is 125 cm³/mol. The smallest absolute Gasteiger partial charge is 0.408 e. The standard InChI is InChI=1S/C23H40N4O7/c1-13(2)11-15(21(31)32)25-17(28)12-24-19(29)16-9-8-10-27(16)20(30)18(14(3)4)26-22(33)34-23(5,6)7/h13-16,18H,8-12H2,1-7H3,(H,24,29)(H,25,28)(H,26,33)(H,31,32)/t15-,16+,18-/m1/s1. The molecule has 1 rings (SSSR count). The molecule has 0 bridgehead atoms. The third kappa shape index (κ3) is 9.56. The van der Waals surface area contributed by atoms with Gasteiger partial charge in [-0.15, -0.1) is 0 Å². The largest absolute Gasteiger partial charge is 0.480 e. The van der Waals surface area contributed by atoms with Gasteiger partial charge in [0.05, 0.1) is 6.54 Å². The van der Waals surface area contributed by atoms with E-state index in [4.69, 9.17) is 4.74 Å².